The minimum atomic E-state index is -3.93. The number of hydrogen-bond donors (Lipinski definition) is 1. The van der Waals surface area contributed by atoms with Crippen LogP contribution in [0.4, 0.5) is 0 Å². The van der Waals surface area contributed by atoms with Crippen LogP contribution in [0.15, 0.2) is 39.4 Å². The Morgan fingerprint density at radius 2 is 1.62 bits per heavy atom. The minimum Gasteiger partial charge on any atom is -0.207 e. The predicted molar refractivity (Wildman–Crippen MR) is 95.7 cm³/mol. The fraction of sp³-hybridized carbons (Fsp3) is 0.231. The van der Waals surface area contributed by atoms with Gasteiger partial charge in [0.1, 0.15) is 9.10 Å². The third-order valence-electron chi connectivity index (χ3n) is 3.00. The van der Waals surface area contributed by atoms with E-state index in [0.717, 1.165) is 15.6 Å². The Bertz CT molecular complexity index is 933. The zero-order chi connectivity index (χ0) is 18.1. The first-order valence-electron chi connectivity index (χ1n) is 6.50. The molecule has 1 heterocycles. The number of rotatable bonds is 6. The lowest BCUT2D eigenvalue weighted by molar-refractivity contribution is 0.523. The summed E-state index contributed by atoms with van der Waals surface area (Å²) in [6.45, 7) is -0.0719. The lowest BCUT2D eigenvalue weighted by atomic mass is 10.4. The summed E-state index contributed by atoms with van der Waals surface area (Å²) in [5.74, 6) is 0. The van der Waals surface area contributed by atoms with Crippen LogP contribution in [0.3, 0.4) is 0 Å². The number of hydrogen-bond acceptors (Lipinski definition) is 5. The van der Waals surface area contributed by atoms with E-state index in [-0.39, 0.29) is 25.7 Å². The maximum absolute atomic E-state index is 12.4. The van der Waals surface area contributed by atoms with E-state index in [9.17, 15) is 16.8 Å². The van der Waals surface area contributed by atoms with Gasteiger partial charge in [0.05, 0.1) is 10.0 Å². The van der Waals surface area contributed by atoms with E-state index in [1.54, 1.807) is 12.1 Å². The van der Waals surface area contributed by atoms with Gasteiger partial charge in [-0.15, -0.1) is 11.3 Å². The normalized spacial score (nSPS) is 12.7. The molecule has 0 aliphatic heterocycles. The highest BCUT2D eigenvalue weighted by Crippen LogP contribution is 2.29. The van der Waals surface area contributed by atoms with Crippen molar-refractivity contribution in [3.63, 3.8) is 0 Å². The van der Waals surface area contributed by atoms with Crippen molar-refractivity contribution in [1.29, 1.82) is 0 Å². The van der Waals surface area contributed by atoms with Crippen LogP contribution in [0.1, 0.15) is 4.88 Å². The van der Waals surface area contributed by atoms with Gasteiger partial charge in [-0.1, -0.05) is 29.3 Å². The number of halogens is 2. The molecule has 0 aliphatic rings. The Balaban J connectivity index is 2.21. The quantitative estimate of drug-likeness (QED) is 0.766. The summed E-state index contributed by atoms with van der Waals surface area (Å²) in [6.07, 6.45) is 0. The third-order valence-corrected chi connectivity index (χ3v) is 8.72. The van der Waals surface area contributed by atoms with Crippen molar-refractivity contribution in [1.82, 2.24) is 9.03 Å². The summed E-state index contributed by atoms with van der Waals surface area (Å²) in [4.78, 5) is 0.341. The van der Waals surface area contributed by atoms with E-state index < -0.39 is 20.0 Å². The van der Waals surface area contributed by atoms with Gasteiger partial charge in [-0.05, 0) is 24.3 Å². The summed E-state index contributed by atoms with van der Waals surface area (Å²) in [6, 6.07) is 7.38. The summed E-state index contributed by atoms with van der Waals surface area (Å²) < 4.78 is 52.4. The zero-order valence-corrected chi connectivity index (χ0v) is 16.6. The number of nitrogens with one attached hydrogen (secondary N) is 1. The van der Waals surface area contributed by atoms with E-state index in [4.69, 9.17) is 23.2 Å². The van der Waals surface area contributed by atoms with Crippen LogP contribution in [0.25, 0.3) is 0 Å². The highest BCUT2D eigenvalue weighted by molar-refractivity contribution is 7.91. The van der Waals surface area contributed by atoms with Gasteiger partial charge < -0.3 is 0 Å². The zero-order valence-electron chi connectivity index (χ0n) is 12.7. The first-order valence-corrected chi connectivity index (χ1v) is 11.0. The molecule has 0 saturated carbocycles. The number of nitrogens with zero attached hydrogens (tertiary/aromatic N) is 1. The minimum absolute atomic E-state index is 0.0112. The van der Waals surface area contributed by atoms with E-state index >= 15 is 0 Å². The molecule has 0 unspecified atom stereocenters. The Kier molecular flexibility index (Phi) is 5.96. The van der Waals surface area contributed by atoms with Crippen LogP contribution < -0.4 is 4.72 Å². The topological polar surface area (TPSA) is 83.6 Å². The second-order valence-electron chi connectivity index (χ2n) is 4.88. The summed E-state index contributed by atoms with van der Waals surface area (Å²) in [7, 11) is -4.62. The van der Waals surface area contributed by atoms with Crippen molar-refractivity contribution in [3.05, 3.63) is 45.3 Å². The standard InChI is InChI=1S/C13H14Cl2N2O4S3/c1-17(2)24(20,21)12-7-6-9(22-12)8-16-23(18,19)13-10(14)4-3-5-11(13)15/h3-7,16H,8H2,1-2H3. The monoisotopic (exact) mass is 428 g/mol. The molecular weight excluding hydrogens is 415 g/mol. The smallest absolute Gasteiger partial charge is 0.207 e. The molecule has 0 atom stereocenters. The van der Waals surface area contributed by atoms with E-state index in [2.05, 4.69) is 4.72 Å². The van der Waals surface area contributed by atoms with Crippen LogP contribution in [0, 0.1) is 0 Å². The van der Waals surface area contributed by atoms with Gasteiger partial charge in [0.15, 0.2) is 0 Å². The SMILES string of the molecule is CN(C)S(=O)(=O)c1ccc(CNS(=O)(=O)c2c(Cl)cccc2Cl)s1. The molecule has 24 heavy (non-hydrogen) atoms. The second kappa shape index (κ2) is 7.28. The van der Waals surface area contributed by atoms with E-state index in [0.29, 0.717) is 4.88 Å². The molecule has 0 fully saturated rings. The molecule has 2 rings (SSSR count). The first-order chi connectivity index (χ1) is 11.1. The van der Waals surface area contributed by atoms with Gasteiger partial charge in [-0.25, -0.2) is 25.9 Å². The van der Waals surface area contributed by atoms with E-state index in [1.807, 2.05) is 0 Å². The van der Waals surface area contributed by atoms with Crippen LogP contribution >= 0.6 is 34.5 Å². The fourth-order valence-electron chi connectivity index (χ4n) is 1.75. The molecule has 0 saturated heterocycles. The summed E-state index contributed by atoms with van der Waals surface area (Å²) >= 11 is 12.8. The van der Waals surface area contributed by atoms with Crippen molar-refractivity contribution in [2.45, 2.75) is 15.6 Å². The third kappa shape index (κ3) is 4.10. The average Bonchev–Trinajstić information content (AvgIpc) is 2.94. The summed E-state index contributed by atoms with van der Waals surface area (Å²) in [5.41, 5.74) is 0. The molecule has 0 amide bonds. The number of thiophene rings is 1. The maximum Gasteiger partial charge on any atom is 0.252 e. The molecule has 0 aliphatic carbocycles. The number of benzene rings is 1. The van der Waals surface area contributed by atoms with Crippen molar-refractivity contribution < 1.29 is 16.8 Å². The Hall–Kier alpha value is -0.680. The average molecular weight is 429 g/mol. The van der Waals surface area contributed by atoms with Gasteiger partial charge in [-0.2, -0.15) is 0 Å². The second-order valence-corrected chi connectivity index (χ2v) is 10.9. The molecule has 1 aromatic heterocycles. The van der Waals surface area contributed by atoms with Gasteiger partial charge in [0.2, 0.25) is 10.0 Å². The molecule has 6 nitrogen and oxygen atoms in total. The first kappa shape index (κ1) is 19.6. The highest BCUT2D eigenvalue weighted by Gasteiger charge is 2.23. The van der Waals surface area contributed by atoms with Crippen molar-refractivity contribution in [2.24, 2.45) is 0 Å². The van der Waals surface area contributed by atoms with Crippen LogP contribution in [0.5, 0.6) is 0 Å². The van der Waals surface area contributed by atoms with Crippen LogP contribution in [-0.4, -0.2) is 35.2 Å². The molecule has 0 bridgehead atoms. The number of sulfonamides is 2. The molecular formula is C13H14Cl2N2O4S3. The molecule has 0 spiro atoms. The van der Waals surface area contributed by atoms with Crippen LogP contribution in [-0.2, 0) is 26.6 Å². The molecule has 11 heteroatoms. The maximum atomic E-state index is 12.4. The Labute approximate surface area is 155 Å². The van der Waals surface area contributed by atoms with Crippen molar-refractivity contribution >= 4 is 54.6 Å². The fourth-order valence-corrected chi connectivity index (χ4v) is 6.45. The predicted octanol–water partition coefficient (Wildman–Crippen LogP) is 2.78. The van der Waals surface area contributed by atoms with Crippen molar-refractivity contribution in [2.75, 3.05) is 14.1 Å². The molecule has 1 N–H and O–H groups in total. The molecule has 0 radical (unpaired) electrons. The lowest BCUT2D eigenvalue weighted by Crippen LogP contribution is -2.23. The Morgan fingerprint density at radius 1 is 1.04 bits per heavy atom. The Morgan fingerprint density at radius 3 is 2.17 bits per heavy atom. The molecule has 1 aromatic carbocycles. The summed E-state index contributed by atoms with van der Waals surface area (Å²) in [5, 5.41) is 0.0223. The van der Waals surface area contributed by atoms with Gasteiger partial charge in [0, 0.05) is 25.5 Å². The van der Waals surface area contributed by atoms with E-state index in [1.165, 1.54) is 32.3 Å². The van der Waals surface area contributed by atoms with Gasteiger partial charge in [-0.3, -0.25) is 0 Å². The largest absolute Gasteiger partial charge is 0.252 e. The molecule has 132 valence electrons. The highest BCUT2D eigenvalue weighted by atomic mass is 35.5. The van der Waals surface area contributed by atoms with Crippen molar-refractivity contribution in [3.8, 4) is 0 Å². The van der Waals surface area contributed by atoms with Crippen LogP contribution in [0.2, 0.25) is 10.0 Å². The van der Waals surface area contributed by atoms with Gasteiger partial charge >= 0.3 is 0 Å². The lowest BCUT2D eigenvalue weighted by Gasteiger charge is -2.09. The molecule has 2 aromatic rings. The van der Waals surface area contributed by atoms with Gasteiger partial charge in [0.25, 0.3) is 10.0 Å².